The molecule has 1 atom stereocenters. The lowest BCUT2D eigenvalue weighted by atomic mass is 9.89. The first-order valence-corrected chi connectivity index (χ1v) is 11.1. The van der Waals surface area contributed by atoms with Gasteiger partial charge < -0.3 is 14.7 Å². The van der Waals surface area contributed by atoms with E-state index >= 15 is 0 Å². The number of hydrogen-bond donors (Lipinski definition) is 1. The number of likely N-dealkylation sites (tertiary alicyclic amines) is 1. The second kappa shape index (κ2) is 7.79. The number of benzene rings is 2. The van der Waals surface area contributed by atoms with Crippen LogP contribution in [0, 0.1) is 0 Å². The molecule has 2 aromatic rings. The third kappa shape index (κ3) is 3.53. The minimum absolute atomic E-state index is 0.467. The van der Waals surface area contributed by atoms with E-state index in [0.717, 1.165) is 51.3 Å². The number of phenols is 1. The molecule has 2 aliphatic heterocycles. The summed E-state index contributed by atoms with van der Waals surface area (Å²) >= 11 is 0. The van der Waals surface area contributed by atoms with Gasteiger partial charge in [-0.25, -0.2) is 0 Å². The zero-order chi connectivity index (χ0) is 18.9. The fraction of sp³-hybridized carbons (Fsp3) is 0.520. The van der Waals surface area contributed by atoms with Crippen LogP contribution < -0.4 is 4.74 Å². The minimum Gasteiger partial charge on any atom is -0.507 e. The molecule has 1 saturated carbocycles. The summed E-state index contributed by atoms with van der Waals surface area (Å²) in [5, 5.41) is 11.0. The summed E-state index contributed by atoms with van der Waals surface area (Å²) in [4.78, 5) is 2.57. The molecule has 2 aromatic carbocycles. The zero-order valence-electron chi connectivity index (χ0n) is 16.7. The van der Waals surface area contributed by atoms with Gasteiger partial charge in [0.2, 0.25) is 0 Å². The van der Waals surface area contributed by atoms with Crippen molar-refractivity contribution in [2.45, 2.75) is 56.8 Å². The molecule has 1 aliphatic carbocycles. The SMILES string of the molecule is Oc1c(C2CCCC2)cccc1C1CCN(CCc2ccc3c(c2)CCO3)C1. The Kier molecular flexibility index (Phi) is 5.02. The summed E-state index contributed by atoms with van der Waals surface area (Å²) in [6.45, 7) is 4.12. The lowest BCUT2D eigenvalue weighted by Gasteiger charge is -2.19. The van der Waals surface area contributed by atoms with Crippen molar-refractivity contribution in [1.82, 2.24) is 4.90 Å². The lowest BCUT2D eigenvalue weighted by molar-refractivity contribution is 0.337. The molecule has 148 valence electrons. The van der Waals surface area contributed by atoms with Crippen LogP contribution in [0.2, 0.25) is 0 Å². The summed E-state index contributed by atoms with van der Waals surface area (Å²) in [6.07, 6.45) is 8.37. The Hall–Kier alpha value is -2.00. The smallest absolute Gasteiger partial charge is 0.122 e. The van der Waals surface area contributed by atoms with Crippen molar-refractivity contribution in [2.75, 3.05) is 26.2 Å². The van der Waals surface area contributed by atoms with E-state index in [0.29, 0.717) is 17.6 Å². The quantitative estimate of drug-likeness (QED) is 0.794. The van der Waals surface area contributed by atoms with Crippen LogP contribution in [0.3, 0.4) is 0 Å². The predicted molar refractivity (Wildman–Crippen MR) is 112 cm³/mol. The number of nitrogens with zero attached hydrogens (tertiary/aromatic N) is 1. The number of ether oxygens (including phenoxy) is 1. The molecular weight excluding hydrogens is 346 g/mol. The van der Waals surface area contributed by atoms with Crippen LogP contribution in [0.5, 0.6) is 11.5 Å². The van der Waals surface area contributed by atoms with E-state index in [4.69, 9.17) is 4.74 Å². The standard InChI is InChI=1S/C25H31NO2/c27-25-22(19-4-1-2-5-19)6-3-7-23(25)21-11-14-26(17-21)13-10-18-8-9-24-20(16-18)12-15-28-24/h3,6-9,16,19,21,27H,1-2,4-5,10-15,17H2. The summed E-state index contributed by atoms with van der Waals surface area (Å²) in [5.74, 6) is 2.71. The molecule has 0 amide bonds. The molecule has 0 aromatic heterocycles. The average molecular weight is 378 g/mol. The van der Waals surface area contributed by atoms with Gasteiger partial charge in [-0.05, 0) is 66.5 Å². The van der Waals surface area contributed by atoms with Gasteiger partial charge in [0.15, 0.2) is 0 Å². The topological polar surface area (TPSA) is 32.7 Å². The zero-order valence-corrected chi connectivity index (χ0v) is 16.7. The van der Waals surface area contributed by atoms with Crippen molar-refractivity contribution in [1.29, 1.82) is 0 Å². The number of aromatic hydroxyl groups is 1. The van der Waals surface area contributed by atoms with Gasteiger partial charge in [0.25, 0.3) is 0 Å². The van der Waals surface area contributed by atoms with Crippen LogP contribution in [0.25, 0.3) is 0 Å². The van der Waals surface area contributed by atoms with Crippen molar-refractivity contribution in [2.24, 2.45) is 0 Å². The van der Waals surface area contributed by atoms with Crippen LogP contribution >= 0.6 is 0 Å². The fourth-order valence-electron chi connectivity index (χ4n) is 5.45. The van der Waals surface area contributed by atoms with Gasteiger partial charge in [0.1, 0.15) is 11.5 Å². The van der Waals surface area contributed by atoms with E-state index in [-0.39, 0.29) is 0 Å². The number of rotatable bonds is 5. The second-order valence-electron chi connectivity index (χ2n) is 8.84. The first-order valence-electron chi connectivity index (χ1n) is 11.1. The van der Waals surface area contributed by atoms with Gasteiger partial charge >= 0.3 is 0 Å². The van der Waals surface area contributed by atoms with E-state index < -0.39 is 0 Å². The first kappa shape index (κ1) is 18.1. The normalized spacial score (nSPS) is 22.5. The average Bonchev–Trinajstić information content (AvgIpc) is 3.47. The maximum absolute atomic E-state index is 11.0. The van der Waals surface area contributed by atoms with Crippen molar-refractivity contribution < 1.29 is 9.84 Å². The first-order chi connectivity index (χ1) is 13.8. The van der Waals surface area contributed by atoms with Crippen LogP contribution in [-0.2, 0) is 12.8 Å². The van der Waals surface area contributed by atoms with E-state index in [1.807, 2.05) is 0 Å². The number of phenolic OH excluding ortho intramolecular Hbond substituents is 1. The van der Waals surface area contributed by atoms with Crippen LogP contribution in [-0.4, -0.2) is 36.2 Å². The molecule has 28 heavy (non-hydrogen) atoms. The van der Waals surface area contributed by atoms with Crippen LogP contribution in [0.1, 0.15) is 66.2 Å². The third-order valence-corrected chi connectivity index (χ3v) is 7.08. The Bertz CT molecular complexity index is 840. The summed E-state index contributed by atoms with van der Waals surface area (Å²) in [7, 11) is 0. The van der Waals surface area contributed by atoms with Crippen molar-refractivity contribution in [3.63, 3.8) is 0 Å². The fourth-order valence-corrected chi connectivity index (χ4v) is 5.45. The second-order valence-corrected chi connectivity index (χ2v) is 8.84. The Morgan fingerprint density at radius 1 is 1.00 bits per heavy atom. The van der Waals surface area contributed by atoms with Gasteiger partial charge in [-0.2, -0.15) is 0 Å². The lowest BCUT2D eigenvalue weighted by Crippen LogP contribution is -2.23. The number of hydrogen-bond acceptors (Lipinski definition) is 3. The van der Waals surface area contributed by atoms with Gasteiger partial charge in [-0.3, -0.25) is 0 Å². The maximum Gasteiger partial charge on any atom is 0.122 e. The highest BCUT2D eigenvalue weighted by Gasteiger charge is 2.28. The highest BCUT2D eigenvalue weighted by Crippen LogP contribution is 2.42. The third-order valence-electron chi connectivity index (χ3n) is 7.08. The molecule has 1 N–H and O–H groups in total. The van der Waals surface area contributed by atoms with Crippen molar-refractivity contribution >= 4 is 0 Å². The largest absolute Gasteiger partial charge is 0.507 e. The van der Waals surface area contributed by atoms with Gasteiger partial charge in [0, 0.05) is 25.4 Å². The molecule has 0 bridgehead atoms. The molecule has 3 aliphatic rings. The minimum atomic E-state index is 0.467. The van der Waals surface area contributed by atoms with E-state index in [1.54, 1.807) is 0 Å². The Balaban J connectivity index is 1.22. The molecule has 2 heterocycles. The van der Waals surface area contributed by atoms with E-state index in [9.17, 15) is 5.11 Å². The van der Waals surface area contributed by atoms with Gasteiger partial charge in [0.05, 0.1) is 6.61 Å². The predicted octanol–water partition coefficient (Wildman–Crippen LogP) is 5.02. The van der Waals surface area contributed by atoms with Gasteiger partial charge in [-0.1, -0.05) is 43.2 Å². The van der Waals surface area contributed by atoms with Crippen molar-refractivity contribution in [3.8, 4) is 11.5 Å². The Labute approximate surface area is 168 Å². The van der Waals surface area contributed by atoms with Crippen molar-refractivity contribution in [3.05, 3.63) is 58.7 Å². The van der Waals surface area contributed by atoms with Crippen LogP contribution in [0.4, 0.5) is 0 Å². The summed E-state index contributed by atoms with van der Waals surface area (Å²) in [5.41, 5.74) is 5.17. The molecule has 0 spiro atoms. The summed E-state index contributed by atoms with van der Waals surface area (Å²) < 4.78 is 5.62. The molecule has 5 rings (SSSR count). The molecule has 2 fully saturated rings. The van der Waals surface area contributed by atoms with Gasteiger partial charge in [-0.15, -0.1) is 0 Å². The van der Waals surface area contributed by atoms with E-state index in [2.05, 4.69) is 41.3 Å². The highest BCUT2D eigenvalue weighted by atomic mass is 16.5. The highest BCUT2D eigenvalue weighted by molar-refractivity contribution is 5.45. The van der Waals surface area contributed by atoms with Crippen LogP contribution in [0.15, 0.2) is 36.4 Å². The Morgan fingerprint density at radius 3 is 2.68 bits per heavy atom. The molecule has 0 radical (unpaired) electrons. The molecule has 1 saturated heterocycles. The Morgan fingerprint density at radius 2 is 1.82 bits per heavy atom. The molecule has 1 unspecified atom stereocenters. The molecule has 3 nitrogen and oxygen atoms in total. The maximum atomic E-state index is 11.0. The monoisotopic (exact) mass is 377 g/mol. The van der Waals surface area contributed by atoms with E-state index in [1.165, 1.54) is 47.9 Å². The number of fused-ring (bicyclic) bond motifs is 1. The molecule has 3 heteroatoms. The summed E-state index contributed by atoms with van der Waals surface area (Å²) in [6, 6.07) is 13.2. The number of para-hydroxylation sites is 1. The molecular formula is C25H31NO2.